The van der Waals surface area contributed by atoms with Gasteiger partial charge in [-0.05, 0) is 57.7 Å². The third-order valence-corrected chi connectivity index (χ3v) is 6.05. The topological polar surface area (TPSA) is 117 Å². The highest BCUT2D eigenvalue weighted by molar-refractivity contribution is 5.95. The fourth-order valence-corrected chi connectivity index (χ4v) is 4.11. The lowest BCUT2D eigenvalue weighted by atomic mass is 10.00. The van der Waals surface area contributed by atoms with Gasteiger partial charge in [-0.1, -0.05) is 13.3 Å². The first-order valence-electron chi connectivity index (χ1n) is 11.8. The van der Waals surface area contributed by atoms with Crippen molar-refractivity contribution in [2.24, 2.45) is 5.92 Å². The summed E-state index contributed by atoms with van der Waals surface area (Å²) >= 11 is 0. The Balaban J connectivity index is 1.82. The minimum absolute atomic E-state index is 0.0349. The highest BCUT2D eigenvalue weighted by Gasteiger charge is 2.30. The molecule has 8 heteroatoms. The second-order valence-corrected chi connectivity index (χ2v) is 9.88. The van der Waals surface area contributed by atoms with Crippen molar-refractivity contribution < 1.29 is 15.0 Å². The summed E-state index contributed by atoms with van der Waals surface area (Å²) in [7, 11) is 0. The van der Waals surface area contributed by atoms with E-state index in [0.717, 1.165) is 24.8 Å². The normalized spacial score (nSPS) is 14.9. The van der Waals surface area contributed by atoms with E-state index in [9.17, 15) is 19.8 Å². The van der Waals surface area contributed by atoms with Gasteiger partial charge in [0.1, 0.15) is 5.82 Å². The maximum atomic E-state index is 13.7. The molecule has 0 aromatic carbocycles. The third kappa shape index (κ3) is 5.18. The average Bonchev–Trinajstić information content (AvgIpc) is 3.61. The van der Waals surface area contributed by atoms with E-state index in [2.05, 4.69) is 15.3 Å². The minimum Gasteiger partial charge on any atom is -0.389 e. The second kappa shape index (κ2) is 9.27. The largest absolute Gasteiger partial charge is 0.389 e. The van der Waals surface area contributed by atoms with Crippen molar-refractivity contribution in [1.82, 2.24) is 14.5 Å². The van der Waals surface area contributed by atoms with Crippen molar-refractivity contribution >= 4 is 22.6 Å². The Morgan fingerprint density at radius 1 is 1.21 bits per heavy atom. The summed E-state index contributed by atoms with van der Waals surface area (Å²) in [5, 5.41) is 24.4. The monoisotopic (exact) mass is 464 g/mol. The van der Waals surface area contributed by atoms with Crippen molar-refractivity contribution in [2.75, 3.05) is 5.32 Å². The molecule has 34 heavy (non-hydrogen) atoms. The van der Waals surface area contributed by atoms with Gasteiger partial charge in [0.25, 0.3) is 5.56 Å². The lowest BCUT2D eigenvalue weighted by Crippen LogP contribution is -2.33. The van der Waals surface area contributed by atoms with Crippen LogP contribution >= 0.6 is 0 Å². The number of nitrogens with one attached hydrogen (secondary N) is 1. The molecule has 180 valence electrons. The number of carbonyl (C=O) groups excluding carboxylic acids is 1. The molecule has 1 atom stereocenters. The summed E-state index contributed by atoms with van der Waals surface area (Å²) < 4.78 is 1.53. The molecule has 0 aliphatic heterocycles. The van der Waals surface area contributed by atoms with Crippen molar-refractivity contribution in [1.29, 1.82) is 0 Å². The number of rotatable bonds is 8. The molecule has 4 rings (SSSR count). The predicted octanol–water partition coefficient (Wildman–Crippen LogP) is 3.72. The van der Waals surface area contributed by atoms with Crippen molar-refractivity contribution in [3.05, 3.63) is 52.2 Å². The molecule has 1 amide bonds. The fraction of sp³-hybridized carbons (Fsp3) is 0.462. The summed E-state index contributed by atoms with van der Waals surface area (Å²) in [5.41, 5.74) is 1.68. The van der Waals surface area contributed by atoms with Crippen LogP contribution in [0.1, 0.15) is 63.8 Å². The van der Waals surface area contributed by atoms with Crippen LogP contribution in [0.5, 0.6) is 0 Å². The van der Waals surface area contributed by atoms with Gasteiger partial charge < -0.3 is 20.1 Å². The molecule has 3 aromatic heterocycles. The molecule has 0 unspecified atom stereocenters. The van der Waals surface area contributed by atoms with Gasteiger partial charge in [0, 0.05) is 40.9 Å². The number of carbonyl (C=O) groups is 1. The molecule has 0 radical (unpaired) electrons. The number of anilines is 1. The summed E-state index contributed by atoms with van der Waals surface area (Å²) in [4.78, 5) is 34.7. The van der Waals surface area contributed by atoms with Crippen LogP contribution in [0.4, 0.5) is 5.82 Å². The molecule has 3 aromatic rings. The number of aliphatic hydroxyl groups excluding tert-OH is 1. The highest BCUT2D eigenvalue weighted by atomic mass is 16.3. The smallest absolute Gasteiger partial charge is 0.259 e. The molecule has 3 heterocycles. The van der Waals surface area contributed by atoms with E-state index in [1.54, 1.807) is 38.4 Å². The van der Waals surface area contributed by atoms with Gasteiger partial charge in [-0.3, -0.25) is 14.6 Å². The molecule has 8 nitrogen and oxygen atoms in total. The summed E-state index contributed by atoms with van der Waals surface area (Å²) in [6.07, 6.45) is 5.83. The molecule has 1 saturated carbocycles. The van der Waals surface area contributed by atoms with Gasteiger partial charge in [0.05, 0.1) is 29.5 Å². The SMILES string of the molecule is CCC[C@@H](O)c1cc(C)c(-c2cc3cnc(NC(=O)C4CC4)cc3n(CC(C)(C)O)c2=O)cn1. The van der Waals surface area contributed by atoms with E-state index in [4.69, 9.17) is 0 Å². The summed E-state index contributed by atoms with van der Waals surface area (Å²) in [6, 6.07) is 5.26. The Bertz CT molecular complexity index is 1290. The Morgan fingerprint density at radius 3 is 2.56 bits per heavy atom. The minimum atomic E-state index is -1.14. The molecule has 3 N–H and O–H groups in total. The van der Waals surface area contributed by atoms with E-state index in [1.165, 1.54) is 4.57 Å². The number of aryl methyl sites for hydroxylation is 1. The molecule has 1 aliphatic carbocycles. The first-order chi connectivity index (χ1) is 16.1. The zero-order valence-corrected chi connectivity index (χ0v) is 20.1. The van der Waals surface area contributed by atoms with Crippen LogP contribution in [0.25, 0.3) is 22.0 Å². The van der Waals surface area contributed by atoms with E-state index in [1.807, 2.05) is 19.9 Å². The molecule has 1 fully saturated rings. The van der Waals surface area contributed by atoms with Crippen LogP contribution in [0, 0.1) is 12.8 Å². The summed E-state index contributed by atoms with van der Waals surface area (Å²) in [6.45, 7) is 7.24. The van der Waals surface area contributed by atoms with E-state index < -0.39 is 11.7 Å². The van der Waals surface area contributed by atoms with Crippen LogP contribution in [0.15, 0.2) is 35.4 Å². The van der Waals surface area contributed by atoms with Gasteiger partial charge in [0.2, 0.25) is 5.91 Å². The highest BCUT2D eigenvalue weighted by Crippen LogP contribution is 2.31. The van der Waals surface area contributed by atoms with Crippen molar-refractivity contribution in [3.63, 3.8) is 0 Å². The predicted molar refractivity (Wildman–Crippen MR) is 131 cm³/mol. The molecule has 0 spiro atoms. The average molecular weight is 465 g/mol. The number of hydrogen-bond donors (Lipinski definition) is 3. The summed E-state index contributed by atoms with van der Waals surface area (Å²) in [5.74, 6) is 0.354. The Kier molecular flexibility index (Phi) is 6.55. The van der Waals surface area contributed by atoms with Gasteiger partial charge in [-0.2, -0.15) is 0 Å². The maximum absolute atomic E-state index is 13.7. The number of hydrogen-bond acceptors (Lipinski definition) is 6. The van der Waals surface area contributed by atoms with Crippen LogP contribution in [0.3, 0.4) is 0 Å². The molecule has 1 aliphatic rings. The Morgan fingerprint density at radius 2 is 1.94 bits per heavy atom. The third-order valence-electron chi connectivity index (χ3n) is 6.05. The van der Waals surface area contributed by atoms with Gasteiger partial charge in [0.15, 0.2) is 0 Å². The quantitative estimate of drug-likeness (QED) is 0.468. The number of nitrogens with zero attached hydrogens (tertiary/aromatic N) is 3. The lowest BCUT2D eigenvalue weighted by Gasteiger charge is -2.22. The number of aliphatic hydroxyl groups is 2. The number of aromatic nitrogens is 3. The zero-order chi connectivity index (χ0) is 24.6. The first-order valence-corrected chi connectivity index (χ1v) is 11.8. The molecular weight excluding hydrogens is 432 g/mol. The van der Waals surface area contributed by atoms with E-state index >= 15 is 0 Å². The molecular formula is C26H32N4O4. The van der Waals surface area contributed by atoms with Crippen LogP contribution in [-0.2, 0) is 11.3 Å². The van der Waals surface area contributed by atoms with Crippen LogP contribution in [0.2, 0.25) is 0 Å². The molecule has 0 saturated heterocycles. The van der Waals surface area contributed by atoms with Crippen LogP contribution in [-0.4, -0.2) is 36.3 Å². The maximum Gasteiger partial charge on any atom is 0.259 e. The Labute approximate surface area is 198 Å². The number of pyridine rings is 3. The zero-order valence-electron chi connectivity index (χ0n) is 20.1. The number of amides is 1. The van der Waals surface area contributed by atoms with E-state index in [-0.39, 0.29) is 23.9 Å². The van der Waals surface area contributed by atoms with Gasteiger partial charge >= 0.3 is 0 Å². The number of fused-ring (bicyclic) bond motifs is 1. The van der Waals surface area contributed by atoms with E-state index in [0.29, 0.717) is 40.0 Å². The van der Waals surface area contributed by atoms with Crippen LogP contribution < -0.4 is 10.9 Å². The fourth-order valence-electron chi connectivity index (χ4n) is 4.11. The Hall–Kier alpha value is -3.10. The van der Waals surface area contributed by atoms with Crippen molar-refractivity contribution in [2.45, 2.75) is 71.6 Å². The van der Waals surface area contributed by atoms with Crippen molar-refractivity contribution in [3.8, 4) is 11.1 Å². The lowest BCUT2D eigenvalue weighted by molar-refractivity contribution is -0.117. The standard InChI is InChI=1S/C26H32N4O4/c1-5-6-22(31)20-9-15(2)19(13-27-20)18-10-17-12-28-23(29-24(32)16-7-8-16)11-21(17)30(25(18)33)14-26(3,4)34/h9-13,16,22,31,34H,5-8,14H2,1-4H3,(H,28,29,32)/t22-/m1/s1. The second-order valence-electron chi connectivity index (χ2n) is 9.88. The van der Waals surface area contributed by atoms with Gasteiger partial charge in [-0.25, -0.2) is 4.98 Å². The first kappa shape index (κ1) is 24.0. The van der Waals surface area contributed by atoms with Gasteiger partial charge in [-0.15, -0.1) is 0 Å². The molecule has 0 bridgehead atoms.